The van der Waals surface area contributed by atoms with Gasteiger partial charge in [0.1, 0.15) is 16.9 Å². The molecule has 0 saturated heterocycles. The Labute approximate surface area is 261 Å². The zero-order valence-electron chi connectivity index (χ0n) is 23.7. The van der Waals surface area contributed by atoms with Crippen LogP contribution >= 0.6 is 22.9 Å². The Bertz CT molecular complexity index is 2130. The van der Waals surface area contributed by atoms with Gasteiger partial charge in [-0.3, -0.25) is 0 Å². The lowest BCUT2D eigenvalue weighted by molar-refractivity contribution is 0.415. The minimum Gasteiger partial charge on any atom is -0.497 e. The number of thiazole rings is 1. The highest BCUT2D eigenvalue weighted by Gasteiger charge is 2.25. The van der Waals surface area contributed by atoms with Gasteiger partial charge in [0.05, 0.1) is 34.9 Å². The Morgan fingerprint density at radius 1 is 1.07 bits per heavy atom. The summed E-state index contributed by atoms with van der Waals surface area (Å²) in [7, 11) is 1.62. The number of nitrogens with zero attached hydrogens (tertiary/aromatic N) is 5. The molecule has 0 bridgehead atoms. The number of para-hydroxylation sites is 1. The van der Waals surface area contributed by atoms with Crippen molar-refractivity contribution in [2.75, 3.05) is 12.4 Å². The van der Waals surface area contributed by atoms with Crippen molar-refractivity contribution in [1.29, 1.82) is 0 Å². The summed E-state index contributed by atoms with van der Waals surface area (Å²) in [5.74, 6) is 1.49. The van der Waals surface area contributed by atoms with Crippen LogP contribution in [-0.2, 0) is 6.42 Å². The zero-order valence-corrected chi connectivity index (χ0v) is 25.3. The van der Waals surface area contributed by atoms with E-state index in [2.05, 4.69) is 15.3 Å². The SMILES string of the molecule is COc1ccc(Nc2c(-c3csc(/N=C/C4=C(Cl)c5c(C)nn(-c6ccccn6)c5CC4)n3)c(=O)oc3ccccc23)cc1. The molecule has 0 unspecified atom stereocenters. The molecule has 7 rings (SSSR count). The highest BCUT2D eigenvalue weighted by Crippen LogP contribution is 2.38. The van der Waals surface area contributed by atoms with Gasteiger partial charge in [0.2, 0.25) is 5.13 Å². The number of methoxy groups -OCH3 is 1. The number of hydrogen-bond donors (Lipinski definition) is 1. The van der Waals surface area contributed by atoms with E-state index in [1.165, 1.54) is 11.3 Å². The van der Waals surface area contributed by atoms with Crippen LogP contribution in [0.15, 0.2) is 98.1 Å². The van der Waals surface area contributed by atoms with Crippen molar-refractivity contribution >= 4 is 61.7 Å². The number of anilines is 2. The van der Waals surface area contributed by atoms with E-state index in [1.54, 1.807) is 25.6 Å². The van der Waals surface area contributed by atoms with E-state index in [9.17, 15) is 4.79 Å². The second-order valence-corrected chi connectivity index (χ2v) is 11.3. The molecule has 6 aromatic rings. The monoisotopic (exact) mass is 620 g/mol. The molecule has 218 valence electrons. The molecule has 4 heterocycles. The molecule has 0 aliphatic heterocycles. The van der Waals surface area contributed by atoms with E-state index >= 15 is 0 Å². The van der Waals surface area contributed by atoms with Gasteiger partial charge in [-0.1, -0.05) is 29.8 Å². The number of fused-ring (bicyclic) bond motifs is 2. The summed E-state index contributed by atoms with van der Waals surface area (Å²) >= 11 is 8.24. The highest BCUT2D eigenvalue weighted by molar-refractivity contribution is 7.13. The van der Waals surface area contributed by atoms with Gasteiger partial charge < -0.3 is 14.5 Å². The van der Waals surface area contributed by atoms with Crippen molar-refractivity contribution < 1.29 is 9.15 Å². The van der Waals surface area contributed by atoms with Crippen LogP contribution < -0.4 is 15.7 Å². The van der Waals surface area contributed by atoms with Gasteiger partial charge in [0, 0.05) is 34.4 Å². The maximum absolute atomic E-state index is 13.3. The molecule has 44 heavy (non-hydrogen) atoms. The number of hydrogen-bond acceptors (Lipinski definition) is 9. The highest BCUT2D eigenvalue weighted by atomic mass is 35.5. The first-order chi connectivity index (χ1) is 21.5. The number of aryl methyl sites for hydroxylation is 1. The smallest absolute Gasteiger partial charge is 0.347 e. The fourth-order valence-electron chi connectivity index (χ4n) is 5.31. The first-order valence-corrected chi connectivity index (χ1v) is 15.1. The summed E-state index contributed by atoms with van der Waals surface area (Å²) in [5, 5.41) is 11.8. The molecule has 1 aliphatic carbocycles. The van der Waals surface area contributed by atoms with Gasteiger partial charge in [0.25, 0.3) is 0 Å². The summed E-state index contributed by atoms with van der Waals surface area (Å²) in [6, 6.07) is 20.6. The van der Waals surface area contributed by atoms with Crippen molar-refractivity contribution in [3.05, 3.63) is 111 Å². The number of pyridine rings is 1. The minimum absolute atomic E-state index is 0.328. The molecule has 4 aromatic heterocycles. The van der Waals surface area contributed by atoms with Gasteiger partial charge in [0.15, 0.2) is 5.82 Å². The van der Waals surface area contributed by atoms with E-state index in [1.807, 2.05) is 77.6 Å². The maximum atomic E-state index is 13.3. The third-order valence-electron chi connectivity index (χ3n) is 7.41. The summed E-state index contributed by atoms with van der Waals surface area (Å²) in [6.45, 7) is 1.94. The number of ether oxygens (including phenoxy) is 1. The number of nitrogens with one attached hydrogen (secondary N) is 1. The lowest BCUT2D eigenvalue weighted by Crippen LogP contribution is -2.09. The molecule has 2 aromatic carbocycles. The number of allylic oxidation sites excluding steroid dienone is 1. The van der Waals surface area contributed by atoms with Crippen molar-refractivity contribution in [3.63, 3.8) is 0 Å². The van der Waals surface area contributed by atoms with Crippen LogP contribution in [0.25, 0.3) is 33.1 Å². The molecular formula is C33H25ClN6O3S. The van der Waals surface area contributed by atoms with Crippen LogP contribution in [0.2, 0.25) is 0 Å². The van der Waals surface area contributed by atoms with E-state index in [0.717, 1.165) is 51.6 Å². The Balaban J connectivity index is 1.23. The van der Waals surface area contributed by atoms with Crippen LogP contribution in [0.3, 0.4) is 0 Å². The number of aliphatic imine (C=N–C) groups is 1. The van der Waals surface area contributed by atoms with Crippen molar-refractivity contribution in [2.24, 2.45) is 4.99 Å². The van der Waals surface area contributed by atoms with E-state index in [0.29, 0.717) is 39.1 Å². The van der Waals surface area contributed by atoms with Crippen LogP contribution in [0.1, 0.15) is 23.4 Å². The number of aromatic nitrogens is 4. The summed E-state index contributed by atoms with van der Waals surface area (Å²) in [5.41, 5.74) is 5.84. The fraction of sp³-hybridized carbons (Fsp3) is 0.121. The lowest BCUT2D eigenvalue weighted by Gasteiger charge is -2.16. The molecule has 1 aliphatic rings. The molecule has 0 saturated carbocycles. The molecule has 0 amide bonds. The second kappa shape index (κ2) is 11.6. The van der Waals surface area contributed by atoms with E-state index < -0.39 is 5.63 Å². The number of benzene rings is 2. The van der Waals surface area contributed by atoms with Crippen LogP contribution in [-0.4, -0.2) is 33.1 Å². The topological polar surface area (TPSA) is 107 Å². The Morgan fingerprint density at radius 2 is 1.89 bits per heavy atom. The first kappa shape index (κ1) is 27.8. The first-order valence-electron chi connectivity index (χ1n) is 13.9. The van der Waals surface area contributed by atoms with Crippen LogP contribution in [0.5, 0.6) is 5.75 Å². The summed E-state index contributed by atoms with van der Waals surface area (Å²) < 4.78 is 12.8. The third-order valence-corrected chi connectivity index (χ3v) is 8.59. The minimum atomic E-state index is -0.494. The molecule has 1 N–H and O–H groups in total. The van der Waals surface area contributed by atoms with Crippen molar-refractivity contribution in [1.82, 2.24) is 19.7 Å². The van der Waals surface area contributed by atoms with Crippen LogP contribution in [0.4, 0.5) is 16.5 Å². The van der Waals surface area contributed by atoms with E-state index in [4.69, 9.17) is 30.8 Å². The van der Waals surface area contributed by atoms with Gasteiger partial charge in [-0.15, -0.1) is 11.3 Å². The van der Waals surface area contributed by atoms with Gasteiger partial charge in [-0.25, -0.2) is 24.4 Å². The number of rotatable bonds is 7. The average molecular weight is 621 g/mol. The van der Waals surface area contributed by atoms with Crippen LogP contribution in [0, 0.1) is 6.92 Å². The number of halogens is 1. The largest absolute Gasteiger partial charge is 0.497 e. The molecule has 9 nitrogen and oxygen atoms in total. The Morgan fingerprint density at radius 3 is 2.68 bits per heavy atom. The molecule has 0 atom stereocenters. The van der Waals surface area contributed by atoms with Gasteiger partial charge in [-0.2, -0.15) is 5.10 Å². The molecule has 0 fully saturated rings. The zero-order chi connectivity index (χ0) is 30.2. The lowest BCUT2D eigenvalue weighted by atomic mass is 9.96. The normalized spacial score (nSPS) is 13.1. The molecule has 0 spiro atoms. The van der Waals surface area contributed by atoms with Crippen molar-refractivity contribution in [3.8, 4) is 22.8 Å². The van der Waals surface area contributed by atoms with Gasteiger partial charge >= 0.3 is 5.63 Å². The maximum Gasteiger partial charge on any atom is 0.347 e. The average Bonchev–Trinajstić information content (AvgIpc) is 3.66. The predicted molar refractivity (Wildman–Crippen MR) is 175 cm³/mol. The Hall–Kier alpha value is -5.06. The fourth-order valence-corrected chi connectivity index (χ4v) is 6.35. The van der Waals surface area contributed by atoms with Gasteiger partial charge in [-0.05, 0) is 73.9 Å². The third kappa shape index (κ3) is 5.08. The molecule has 11 heteroatoms. The quantitative estimate of drug-likeness (QED) is 0.143. The van der Waals surface area contributed by atoms with Crippen molar-refractivity contribution in [2.45, 2.75) is 19.8 Å². The predicted octanol–water partition coefficient (Wildman–Crippen LogP) is 7.86. The summed E-state index contributed by atoms with van der Waals surface area (Å²) in [4.78, 5) is 27.1. The molecular weight excluding hydrogens is 596 g/mol. The standard InChI is InChI=1S/C33H25ClN6O3S/c1-19-28-25(40(39-19)27-9-5-6-16-35-27)15-10-20(30(28)34)17-36-33-38-24(18-44-33)29-31(37-21-11-13-22(42-2)14-12-21)23-7-3-4-8-26(23)43-32(29)41/h3-9,11-14,16-18,37H,10,15H2,1-2H3/b36-17+. The van der Waals surface area contributed by atoms with E-state index in [-0.39, 0.29) is 0 Å². The summed E-state index contributed by atoms with van der Waals surface area (Å²) in [6.07, 6.45) is 4.94. The molecule has 0 radical (unpaired) electrons. The second-order valence-electron chi connectivity index (χ2n) is 10.1. The Kier molecular flexibility index (Phi) is 7.29.